The van der Waals surface area contributed by atoms with Crippen LogP contribution >= 0.6 is 0 Å². The molecule has 3 nitrogen and oxygen atoms in total. The summed E-state index contributed by atoms with van der Waals surface area (Å²) in [6.45, 7) is 1.07. The van der Waals surface area contributed by atoms with Crippen LogP contribution in [0.25, 0.3) is 22.3 Å². The maximum atomic E-state index is 14.7. The van der Waals surface area contributed by atoms with Crippen LogP contribution in [0.1, 0.15) is 11.1 Å². The largest absolute Gasteiger partial charge is 0.416 e. The smallest absolute Gasteiger partial charge is 0.225 e. The minimum Gasteiger partial charge on any atom is -0.225 e. The van der Waals surface area contributed by atoms with E-state index >= 15 is 0 Å². The van der Waals surface area contributed by atoms with Crippen molar-refractivity contribution < 1.29 is 39.2 Å². The second kappa shape index (κ2) is 7.65. The number of benzene rings is 3. The Labute approximate surface area is 172 Å². The average molecular weight is 463 g/mol. The number of sulfonamides is 1. The van der Waals surface area contributed by atoms with Crippen molar-refractivity contribution in [3.05, 3.63) is 76.9 Å². The summed E-state index contributed by atoms with van der Waals surface area (Å²) < 4.78 is 119. The molecular weight excluding hydrogens is 451 g/mol. The van der Waals surface area contributed by atoms with Crippen molar-refractivity contribution in [2.75, 3.05) is 0 Å². The summed E-state index contributed by atoms with van der Waals surface area (Å²) in [5.41, 5.74) is -3.61. The van der Waals surface area contributed by atoms with E-state index < -0.39 is 56.2 Å². The molecule has 0 aliphatic heterocycles. The number of hydrogen-bond donors (Lipinski definition) is 1. The van der Waals surface area contributed by atoms with Gasteiger partial charge in [0.05, 0.1) is 10.5 Å². The van der Waals surface area contributed by atoms with E-state index in [0.717, 1.165) is 43.3 Å². The van der Waals surface area contributed by atoms with E-state index in [-0.39, 0.29) is 21.6 Å². The number of primary sulfonamides is 1. The molecular formula is C20H12F7NO2S. The third kappa shape index (κ3) is 4.15. The molecule has 164 valence electrons. The third-order valence-corrected chi connectivity index (χ3v) is 5.49. The van der Waals surface area contributed by atoms with Crippen molar-refractivity contribution in [3.8, 4) is 22.3 Å². The standard InChI is InChI=1S/C20H12F7NO2S/c1-9-8-11(4-7-13(9)20(25,26)27)15-14(16(21)18(23)19(24)17(15)22)10-2-5-12(6-3-10)31(28,29)30/h2-8H,1H3,(H2,28,29,30). The SMILES string of the molecule is Cc1cc(-c2c(F)c(F)c(F)c(F)c2-c2ccc(S(N)(=O)=O)cc2)ccc1C(F)(F)F. The molecule has 31 heavy (non-hydrogen) atoms. The highest BCUT2D eigenvalue weighted by molar-refractivity contribution is 7.89. The van der Waals surface area contributed by atoms with Gasteiger partial charge in [0.1, 0.15) is 0 Å². The van der Waals surface area contributed by atoms with E-state index in [1.807, 2.05) is 0 Å². The summed E-state index contributed by atoms with van der Waals surface area (Å²) in [7, 11) is -4.13. The van der Waals surface area contributed by atoms with Crippen molar-refractivity contribution in [2.45, 2.75) is 18.0 Å². The fraction of sp³-hybridized carbons (Fsp3) is 0.100. The van der Waals surface area contributed by atoms with E-state index in [1.54, 1.807) is 0 Å². The zero-order chi connectivity index (χ0) is 23.3. The molecule has 3 aromatic rings. The molecule has 0 heterocycles. The summed E-state index contributed by atoms with van der Waals surface area (Å²) in [6.07, 6.45) is -4.72. The summed E-state index contributed by atoms with van der Waals surface area (Å²) in [5, 5.41) is 4.97. The van der Waals surface area contributed by atoms with Gasteiger partial charge in [0, 0.05) is 11.1 Å². The number of nitrogens with two attached hydrogens (primary N) is 1. The molecule has 3 aromatic carbocycles. The average Bonchev–Trinajstić information content (AvgIpc) is 2.67. The van der Waals surface area contributed by atoms with Crippen LogP contribution in [0.3, 0.4) is 0 Å². The van der Waals surface area contributed by atoms with Gasteiger partial charge in [0.2, 0.25) is 10.0 Å². The molecule has 0 fully saturated rings. The predicted octanol–water partition coefficient (Wildman–Crippen LogP) is 5.55. The van der Waals surface area contributed by atoms with Crippen LogP contribution in [0.5, 0.6) is 0 Å². The quantitative estimate of drug-likeness (QED) is 0.315. The van der Waals surface area contributed by atoms with Gasteiger partial charge in [0.15, 0.2) is 23.3 Å². The monoisotopic (exact) mass is 463 g/mol. The molecule has 0 spiro atoms. The highest BCUT2D eigenvalue weighted by Crippen LogP contribution is 2.41. The van der Waals surface area contributed by atoms with Gasteiger partial charge in [-0.3, -0.25) is 0 Å². The topological polar surface area (TPSA) is 60.2 Å². The fourth-order valence-electron chi connectivity index (χ4n) is 3.12. The molecule has 0 amide bonds. The minimum atomic E-state index is -4.72. The van der Waals surface area contributed by atoms with Crippen LogP contribution in [0, 0.1) is 30.2 Å². The Balaban J connectivity index is 2.33. The van der Waals surface area contributed by atoms with E-state index in [1.165, 1.54) is 0 Å². The second-order valence-corrected chi connectivity index (χ2v) is 8.16. The van der Waals surface area contributed by atoms with Crippen LogP contribution < -0.4 is 5.14 Å². The van der Waals surface area contributed by atoms with Gasteiger partial charge in [-0.1, -0.05) is 24.3 Å². The van der Waals surface area contributed by atoms with Crippen LogP contribution in [0.2, 0.25) is 0 Å². The zero-order valence-electron chi connectivity index (χ0n) is 15.5. The number of halogens is 7. The van der Waals surface area contributed by atoms with Gasteiger partial charge in [0.25, 0.3) is 0 Å². The van der Waals surface area contributed by atoms with Crippen molar-refractivity contribution in [2.24, 2.45) is 5.14 Å². The molecule has 0 unspecified atom stereocenters. The second-order valence-electron chi connectivity index (χ2n) is 6.60. The zero-order valence-corrected chi connectivity index (χ0v) is 16.3. The lowest BCUT2D eigenvalue weighted by molar-refractivity contribution is -0.138. The Bertz CT molecular complexity index is 1280. The van der Waals surface area contributed by atoms with E-state index in [0.29, 0.717) is 6.07 Å². The van der Waals surface area contributed by atoms with Crippen molar-refractivity contribution >= 4 is 10.0 Å². The third-order valence-electron chi connectivity index (χ3n) is 4.56. The predicted molar refractivity (Wildman–Crippen MR) is 98.3 cm³/mol. The maximum Gasteiger partial charge on any atom is 0.416 e. The maximum absolute atomic E-state index is 14.7. The first kappa shape index (κ1) is 22.8. The highest BCUT2D eigenvalue weighted by atomic mass is 32.2. The van der Waals surface area contributed by atoms with E-state index in [4.69, 9.17) is 5.14 Å². The van der Waals surface area contributed by atoms with Gasteiger partial charge in [-0.15, -0.1) is 0 Å². The first-order valence-electron chi connectivity index (χ1n) is 8.41. The molecule has 0 bridgehead atoms. The molecule has 0 saturated heterocycles. The molecule has 11 heteroatoms. The molecule has 0 aromatic heterocycles. The van der Waals surface area contributed by atoms with Crippen molar-refractivity contribution in [3.63, 3.8) is 0 Å². The van der Waals surface area contributed by atoms with Gasteiger partial charge < -0.3 is 0 Å². The van der Waals surface area contributed by atoms with Crippen LogP contribution in [-0.4, -0.2) is 8.42 Å². The Morgan fingerprint density at radius 1 is 0.742 bits per heavy atom. The summed E-state index contributed by atoms with van der Waals surface area (Å²) in [6, 6.07) is 6.10. The van der Waals surface area contributed by atoms with Crippen LogP contribution in [0.15, 0.2) is 47.4 Å². The van der Waals surface area contributed by atoms with Gasteiger partial charge in [-0.25, -0.2) is 31.1 Å². The van der Waals surface area contributed by atoms with Gasteiger partial charge in [-0.05, 0) is 41.8 Å². The van der Waals surface area contributed by atoms with E-state index in [9.17, 15) is 39.2 Å². The van der Waals surface area contributed by atoms with E-state index in [2.05, 4.69) is 0 Å². The molecule has 0 aliphatic carbocycles. The molecule has 0 saturated carbocycles. The minimum absolute atomic E-state index is 0.254. The normalized spacial score (nSPS) is 12.3. The molecule has 0 atom stereocenters. The number of hydrogen-bond acceptors (Lipinski definition) is 2. The molecule has 2 N–H and O–H groups in total. The highest BCUT2D eigenvalue weighted by Gasteiger charge is 2.33. The Morgan fingerprint density at radius 3 is 1.61 bits per heavy atom. The number of alkyl halides is 3. The first-order chi connectivity index (χ1) is 14.2. The number of rotatable bonds is 3. The Morgan fingerprint density at radius 2 is 1.19 bits per heavy atom. The molecule has 0 aliphatic rings. The summed E-state index contributed by atoms with van der Waals surface area (Å²) in [5.74, 6) is -7.89. The lowest BCUT2D eigenvalue weighted by atomic mass is 9.91. The number of aryl methyl sites for hydroxylation is 1. The molecule has 0 radical (unpaired) electrons. The van der Waals surface area contributed by atoms with Crippen molar-refractivity contribution in [1.29, 1.82) is 0 Å². The van der Waals surface area contributed by atoms with Crippen LogP contribution in [0.4, 0.5) is 30.7 Å². The Kier molecular flexibility index (Phi) is 5.61. The van der Waals surface area contributed by atoms with Crippen LogP contribution in [-0.2, 0) is 16.2 Å². The Hall–Kier alpha value is -2.92. The first-order valence-corrected chi connectivity index (χ1v) is 9.95. The summed E-state index contributed by atoms with van der Waals surface area (Å²) >= 11 is 0. The lowest BCUT2D eigenvalue weighted by Gasteiger charge is -2.17. The fourth-order valence-corrected chi connectivity index (χ4v) is 3.64. The van der Waals surface area contributed by atoms with Gasteiger partial charge in [-0.2, -0.15) is 13.2 Å². The summed E-state index contributed by atoms with van der Waals surface area (Å²) in [4.78, 5) is -0.383. The van der Waals surface area contributed by atoms with Gasteiger partial charge >= 0.3 is 6.18 Å². The van der Waals surface area contributed by atoms with Crippen molar-refractivity contribution in [1.82, 2.24) is 0 Å². The molecule has 3 rings (SSSR count). The lowest BCUT2D eigenvalue weighted by Crippen LogP contribution is -2.12.